The van der Waals surface area contributed by atoms with E-state index in [1.807, 2.05) is 111 Å². The van der Waals surface area contributed by atoms with Crippen LogP contribution in [0.4, 0.5) is 0 Å². The lowest BCUT2D eigenvalue weighted by atomic mass is 9.80. The molecular formula is C86H96N4O16. The van der Waals surface area contributed by atoms with Crippen LogP contribution in [0.1, 0.15) is 173 Å². The molecule has 20 heteroatoms. The summed E-state index contributed by atoms with van der Waals surface area (Å²) in [7, 11) is 0. The molecule has 20 nitrogen and oxygen atoms in total. The number of imide groups is 2. The zero-order chi connectivity index (χ0) is 75.3. The fraction of sp³-hybridized carbons (Fsp3) is 0.419. The van der Waals surface area contributed by atoms with Gasteiger partial charge in [-0.25, -0.2) is 0 Å². The van der Waals surface area contributed by atoms with E-state index in [1.54, 1.807) is 24.3 Å². The minimum absolute atomic E-state index is 0.00767. The number of amides is 6. The van der Waals surface area contributed by atoms with Crippen molar-refractivity contribution in [1.29, 1.82) is 0 Å². The van der Waals surface area contributed by atoms with E-state index in [2.05, 4.69) is 93.7 Å². The highest BCUT2D eigenvalue weighted by Crippen LogP contribution is 2.58. The number of benzene rings is 9. The predicted molar refractivity (Wildman–Crippen MR) is 406 cm³/mol. The fourth-order valence-corrected chi connectivity index (χ4v) is 14.0. The van der Waals surface area contributed by atoms with Gasteiger partial charge in [-0.05, 0) is 131 Å². The third-order valence-electron chi connectivity index (χ3n) is 20.0. The van der Waals surface area contributed by atoms with Gasteiger partial charge in [0.1, 0.15) is 70.3 Å². The smallest absolute Gasteiger partial charge is 0.262 e. The van der Waals surface area contributed by atoms with Gasteiger partial charge in [-0.15, -0.1) is 0 Å². The SMILES string of the molecule is CCOCCC(C(=O)NCCOCC1CO1)N1C(=O)c2cc(Oc3ccc(C(C)(C)C)cc3)c3c4c(Oc5ccc(C(C)(C)C)cc5)cc5c6c(cc(Oc7ccc(C(C)(C)C)cc7)c(c7c(Oc8ccc(C(C)(C)C)cc8)cc(c2c37)C1=O)c64)C(=O)N(C(CCOCC)C(=O)NCCOCC1CO1)C5=O. The summed E-state index contributed by atoms with van der Waals surface area (Å²) >= 11 is 0. The third-order valence-corrected chi connectivity index (χ3v) is 20.0. The molecule has 0 saturated carbocycles. The molecule has 556 valence electrons. The van der Waals surface area contributed by atoms with E-state index >= 15 is 19.2 Å². The number of carbonyl (C=O) groups excluding carboxylic acids is 6. The molecule has 2 saturated heterocycles. The first-order chi connectivity index (χ1) is 50.5. The number of ether oxygens (including phenoxy) is 10. The molecular weight excluding hydrogens is 1340 g/mol. The maximum absolute atomic E-state index is 16.4. The van der Waals surface area contributed by atoms with Crippen LogP contribution in [0.5, 0.6) is 46.0 Å². The highest BCUT2D eigenvalue weighted by molar-refractivity contribution is 6.45. The second kappa shape index (κ2) is 30.0. The Kier molecular flexibility index (Phi) is 21.2. The molecule has 0 bridgehead atoms. The van der Waals surface area contributed by atoms with Gasteiger partial charge in [0.25, 0.3) is 23.6 Å². The van der Waals surface area contributed by atoms with Crippen LogP contribution in [0.2, 0.25) is 0 Å². The van der Waals surface area contributed by atoms with Gasteiger partial charge < -0.3 is 58.0 Å². The van der Waals surface area contributed by atoms with Gasteiger partial charge in [-0.1, -0.05) is 132 Å². The number of fused-ring (bicyclic) bond motifs is 2. The Morgan fingerprint density at radius 3 is 0.868 bits per heavy atom. The number of nitrogens with one attached hydrogen (secondary N) is 2. The number of hydrogen-bond acceptors (Lipinski definition) is 16. The van der Waals surface area contributed by atoms with Crippen molar-refractivity contribution in [3.8, 4) is 46.0 Å². The van der Waals surface area contributed by atoms with Crippen LogP contribution in [-0.4, -0.2) is 149 Å². The Morgan fingerprint density at radius 1 is 0.387 bits per heavy atom. The summed E-state index contributed by atoms with van der Waals surface area (Å²) in [4.78, 5) is 97.5. The van der Waals surface area contributed by atoms with Crippen molar-refractivity contribution in [3.63, 3.8) is 0 Å². The highest BCUT2D eigenvalue weighted by atomic mass is 16.6. The molecule has 2 fully saturated rings. The number of hydrogen-bond donors (Lipinski definition) is 2. The number of epoxide rings is 2. The molecule has 9 aromatic rings. The van der Waals surface area contributed by atoms with E-state index in [1.165, 1.54) is 0 Å². The highest BCUT2D eigenvalue weighted by Gasteiger charge is 2.47. The van der Waals surface area contributed by atoms with Crippen molar-refractivity contribution in [2.45, 2.75) is 156 Å². The van der Waals surface area contributed by atoms with Crippen LogP contribution >= 0.6 is 0 Å². The van der Waals surface area contributed by atoms with E-state index in [-0.39, 0.29) is 142 Å². The minimum Gasteiger partial charge on any atom is -0.457 e. The molecule has 0 aliphatic carbocycles. The summed E-state index contributed by atoms with van der Waals surface area (Å²) in [6.07, 6.45) is -0.149. The molecule has 4 aliphatic heterocycles. The van der Waals surface area contributed by atoms with Crippen LogP contribution in [0.15, 0.2) is 121 Å². The average Bonchev–Trinajstić information content (AvgIpc) is 0.902. The maximum Gasteiger partial charge on any atom is 0.262 e. The predicted octanol–water partition coefficient (Wildman–Crippen LogP) is 15.9. The second-order valence-electron chi connectivity index (χ2n) is 31.8. The lowest BCUT2D eigenvalue weighted by molar-refractivity contribution is -0.126. The van der Waals surface area contributed by atoms with Crippen LogP contribution in [0.25, 0.3) is 43.1 Å². The van der Waals surface area contributed by atoms with Gasteiger partial charge in [-0.3, -0.25) is 38.6 Å². The van der Waals surface area contributed by atoms with Gasteiger partial charge in [0.2, 0.25) is 11.8 Å². The van der Waals surface area contributed by atoms with Crippen molar-refractivity contribution in [1.82, 2.24) is 20.4 Å². The standard InChI is InChI=1S/C86H96N4O16/c1-15-97-37-33-63(77(91)87-35-39-99-45-57-47-101-57)89-79(93)59-41-65(103-53-25-17-49(18-26-53)83(3,4)5)71-73-67(105-55-29-21-51(22-30-55)85(9,10)11)43-61-70-62(82(96)90(81(61)95)64(34-38-98-16-2)78(92)88-36-40-100-46-58-48-102-58)44-68(106-56-31-23-52(24-32-56)86(12,13)14)74(76(70)73)72-66(42-60(80(89)94)69(59)75(71)72)104-54-27-19-50(20-28-54)84(6,7)8/h17-32,41-44,57-58,63-64H,15-16,33-40,45-48H2,1-14H3,(H,87,91)(H,88,92). The fourth-order valence-electron chi connectivity index (χ4n) is 14.0. The first-order valence-electron chi connectivity index (χ1n) is 36.9. The molecule has 0 radical (unpaired) electrons. The molecule has 4 heterocycles. The molecule has 4 atom stereocenters. The van der Waals surface area contributed by atoms with Crippen molar-refractivity contribution in [2.24, 2.45) is 0 Å². The third kappa shape index (κ3) is 15.5. The van der Waals surface area contributed by atoms with Gasteiger partial charge in [0.15, 0.2) is 0 Å². The number of rotatable bonds is 30. The Balaban J connectivity index is 1.15. The maximum atomic E-state index is 16.4. The van der Waals surface area contributed by atoms with Crippen molar-refractivity contribution >= 4 is 78.5 Å². The molecule has 13 rings (SSSR count). The normalized spacial score (nSPS) is 16.5. The second-order valence-corrected chi connectivity index (χ2v) is 31.8. The van der Waals surface area contributed by atoms with Gasteiger partial charge in [-0.2, -0.15) is 0 Å². The largest absolute Gasteiger partial charge is 0.457 e. The zero-order valence-electron chi connectivity index (χ0n) is 63.2. The molecule has 9 aromatic carbocycles. The van der Waals surface area contributed by atoms with Crippen molar-refractivity contribution in [2.75, 3.05) is 79.2 Å². The summed E-state index contributed by atoms with van der Waals surface area (Å²) in [5.41, 5.74) is 3.04. The first-order valence-corrected chi connectivity index (χ1v) is 36.9. The van der Waals surface area contributed by atoms with E-state index in [0.29, 0.717) is 95.0 Å². The molecule has 106 heavy (non-hydrogen) atoms. The van der Waals surface area contributed by atoms with Crippen LogP contribution < -0.4 is 29.6 Å². The average molecular weight is 1440 g/mol. The molecule has 4 unspecified atom stereocenters. The quantitative estimate of drug-likeness (QED) is 0.0140. The van der Waals surface area contributed by atoms with Crippen molar-refractivity contribution < 1.29 is 76.1 Å². The molecule has 0 aromatic heterocycles. The number of carbonyl (C=O) groups is 6. The molecule has 6 amide bonds. The zero-order valence-corrected chi connectivity index (χ0v) is 63.2. The lowest BCUT2D eigenvalue weighted by Gasteiger charge is -2.36. The van der Waals surface area contributed by atoms with Gasteiger partial charge >= 0.3 is 0 Å². The summed E-state index contributed by atoms with van der Waals surface area (Å²) < 4.78 is 63.4. The van der Waals surface area contributed by atoms with Crippen LogP contribution in [0.3, 0.4) is 0 Å². The van der Waals surface area contributed by atoms with Crippen LogP contribution in [0, 0.1) is 0 Å². The Hall–Kier alpha value is -9.54. The van der Waals surface area contributed by atoms with Crippen LogP contribution in [-0.2, 0) is 59.7 Å². The minimum atomic E-state index is -1.40. The van der Waals surface area contributed by atoms with Gasteiger partial charge in [0.05, 0.1) is 61.9 Å². The Labute approximate surface area is 618 Å². The summed E-state index contributed by atoms with van der Waals surface area (Å²) in [5.74, 6) is -2.58. The van der Waals surface area contributed by atoms with Crippen molar-refractivity contribution in [3.05, 3.63) is 166 Å². The molecule has 4 aliphatic rings. The van der Waals surface area contributed by atoms with E-state index in [0.717, 1.165) is 32.1 Å². The summed E-state index contributed by atoms with van der Waals surface area (Å²) in [5, 5.41) is 8.02. The van der Waals surface area contributed by atoms with E-state index in [4.69, 9.17) is 47.4 Å². The molecule has 0 spiro atoms. The Morgan fingerprint density at radius 2 is 0.642 bits per heavy atom. The van der Waals surface area contributed by atoms with Gasteiger partial charge in [0, 0.05) is 95.4 Å². The summed E-state index contributed by atoms with van der Waals surface area (Å²) in [6, 6.07) is 34.2. The summed E-state index contributed by atoms with van der Waals surface area (Å²) in [6.45, 7) is 31.9. The lowest BCUT2D eigenvalue weighted by Crippen LogP contribution is -2.54. The topological polar surface area (TPSA) is 232 Å². The first kappa shape index (κ1) is 74.7. The number of nitrogens with zero attached hydrogens (tertiary/aromatic N) is 2. The Bertz CT molecular complexity index is 4270. The monoisotopic (exact) mass is 1440 g/mol. The van der Waals surface area contributed by atoms with E-state index in [9.17, 15) is 9.59 Å². The molecule has 2 N–H and O–H groups in total. The van der Waals surface area contributed by atoms with E-state index < -0.39 is 47.5 Å².